The highest BCUT2D eigenvalue weighted by molar-refractivity contribution is 6.30. The molecule has 28 heavy (non-hydrogen) atoms. The average molecular weight is 403 g/mol. The third-order valence-corrected chi connectivity index (χ3v) is 5.60. The molecule has 2 aromatic rings. The van der Waals surface area contributed by atoms with E-state index in [0.717, 1.165) is 25.2 Å². The van der Waals surface area contributed by atoms with E-state index in [1.165, 1.54) is 12.1 Å². The number of nitro benzene ring substituents is 1. The maximum Gasteiger partial charge on any atom is 0.280 e. The molecular weight excluding hydrogens is 380 g/mol. The molecule has 3 rings (SSSR count). The molecule has 0 radical (unpaired) electrons. The van der Waals surface area contributed by atoms with Crippen LogP contribution in [-0.4, -0.2) is 40.3 Å². The van der Waals surface area contributed by atoms with Crippen molar-refractivity contribution >= 4 is 23.1 Å². The van der Waals surface area contributed by atoms with Gasteiger partial charge >= 0.3 is 0 Å². The van der Waals surface area contributed by atoms with Gasteiger partial charge in [-0.25, -0.2) is 0 Å². The van der Waals surface area contributed by atoms with Crippen LogP contribution in [0.15, 0.2) is 48.5 Å². The Morgan fingerprint density at radius 3 is 2.43 bits per heavy atom. The van der Waals surface area contributed by atoms with Crippen LogP contribution >= 0.6 is 11.6 Å². The number of aliphatic hydroxyl groups is 1. The molecule has 1 aliphatic heterocycles. The monoisotopic (exact) mass is 402 g/mol. The number of halogens is 1. The smallest absolute Gasteiger partial charge is 0.280 e. The van der Waals surface area contributed by atoms with Crippen molar-refractivity contribution in [3.63, 3.8) is 0 Å². The summed E-state index contributed by atoms with van der Waals surface area (Å²) in [5, 5.41) is 22.6. The number of carbonyl (C=O) groups excluding carboxylic acids is 1. The second-order valence-corrected chi connectivity index (χ2v) is 7.62. The van der Waals surface area contributed by atoms with E-state index in [2.05, 4.69) is 4.90 Å². The number of hydrogen-bond acceptors (Lipinski definition) is 5. The maximum atomic E-state index is 12.4. The summed E-state index contributed by atoms with van der Waals surface area (Å²) in [6.07, 6.45) is 2.13. The molecule has 0 aliphatic carbocycles. The first-order valence-electron chi connectivity index (χ1n) is 9.36. The van der Waals surface area contributed by atoms with Gasteiger partial charge in [0.15, 0.2) is 5.78 Å². The summed E-state index contributed by atoms with van der Waals surface area (Å²) < 4.78 is 0. The number of Topliss-reactive ketones (excluding diaryl/α,β-unsaturated/α-hetero) is 1. The second kappa shape index (κ2) is 8.82. The highest BCUT2D eigenvalue weighted by Crippen LogP contribution is 2.33. The molecule has 0 bridgehead atoms. The van der Waals surface area contributed by atoms with Gasteiger partial charge in [-0.15, -0.1) is 0 Å². The molecule has 1 N–H and O–H groups in total. The molecule has 7 heteroatoms. The van der Waals surface area contributed by atoms with Crippen LogP contribution in [0.3, 0.4) is 0 Å². The van der Waals surface area contributed by atoms with Gasteiger partial charge in [-0.05, 0) is 49.6 Å². The summed E-state index contributed by atoms with van der Waals surface area (Å²) in [6.45, 7) is 2.20. The molecule has 0 spiro atoms. The first kappa shape index (κ1) is 20.5. The lowest BCUT2D eigenvalue weighted by Gasteiger charge is -2.38. The van der Waals surface area contributed by atoms with E-state index in [1.807, 2.05) is 12.1 Å². The van der Waals surface area contributed by atoms with Gasteiger partial charge in [-0.3, -0.25) is 14.9 Å². The topological polar surface area (TPSA) is 83.7 Å². The van der Waals surface area contributed by atoms with Gasteiger partial charge in [0.25, 0.3) is 5.69 Å². The summed E-state index contributed by atoms with van der Waals surface area (Å²) in [7, 11) is 0. The van der Waals surface area contributed by atoms with E-state index in [-0.39, 0.29) is 23.5 Å². The molecule has 0 unspecified atom stereocenters. The van der Waals surface area contributed by atoms with Gasteiger partial charge in [0.2, 0.25) is 0 Å². The Hall–Kier alpha value is -2.28. The van der Waals surface area contributed by atoms with Crippen molar-refractivity contribution in [2.75, 3.05) is 19.6 Å². The van der Waals surface area contributed by atoms with Crippen LogP contribution in [0.2, 0.25) is 5.02 Å². The van der Waals surface area contributed by atoms with Crippen molar-refractivity contribution in [1.82, 2.24) is 4.90 Å². The Labute approximate surface area is 168 Å². The Morgan fingerprint density at radius 2 is 1.79 bits per heavy atom. The molecule has 6 nitrogen and oxygen atoms in total. The molecule has 1 fully saturated rings. The number of nitrogens with zero attached hydrogens (tertiary/aromatic N) is 2. The van der Waals surface area contributed by atoms with E-state index in [0.29, 0.717) is 24.3 Å². The molecule has 1 saturated heterocycles. The molecule has 2 aromatic carbocycles. The van der Waals surface area contributed by atoms with E-state index in [4.69, 9.17) is 11.6 Å². The first-order chi connectivity index (χ1) is 13.4. The van der Waals surface area contributed by atoms with Crippen LogP contribution in [0.1, 0.15) is 41.6 Å². The molecule has 1 aliphatic rings. The number of benzene rings is 2. The van der Waals surface area contributed by atoms with E-state index in [9.17, 15) is 20.0 Å². The SMILES string of the molecule is O=C(CCCN1CCC(O)(c2ccc(Cl)cc2)CC1)c1ccccc1[N+](=O)[O-]. The molecule has 0 atom stereocenters. The molecule has 148 valence electrons. The predicted molar refractivity (Wildman–Crippen MR) is 108 cm³/mol. The molecule has 0 amide bonds. The minimum Gasteiger partial charge on any atom is -0.385 e. The fourth-order valence-electron chi connectivity index (χ4n) is 3.66. The fraction of sp³-hybridized carbons (Fsp3) is 0.381. The Bertz CT molecular complexity index is 846. The molecular formula is C21H23ClN2O4. The number of rotatable bonds is 7. The minimum atomic E-state index is -0.846. The number of likely N-dealkylation sites (tertiary alicyclic amines) is 1. The fourth-order valence-corrected chi connectivity index (χ4v) is 3.79. The van der Waals surface area contributed by atoms with Gasteiger partial charge in [0, 0.05) is 30.6 Å². The average Bonchev–Trinajstić information content (AvgIpc) is 2.70. The Balaban J connectivity index is 1.49. The summed E-state index contributed by atoms with van der Waals surface area (Å²) in [5.74, 6) is -0.207. The Morgan fingerprint density at radius 1 is 1.14 bits per heavy atom. The second-order valence-electron chi connectivity index (χ2n) is 7.18. The largest absolute Gasteiger partial charge is 0.385 e. The van der Waals surface area contributed by atoms with Crippen molar-refractivity contribution in [3.8, 4) is 0 Å². The summed E-state index contributed by atoms with van der Waals surface area (Å²) in [4.78, 5) is 25.1. The number of piperidine rings is 1. The number of nitro groups is 1. The van der Waals surface area contributed by atoms with Crippen molar-refractivity contribution in [2.24, 2.45) is 0 Å². The van der Waals surface area contributed by atoms with Gasteiger partial charge < -0.3 is 10.0 Å². The normalized spacial score (nSPS) is 16.6. The van der Waals surface area contributed by atoms with Crippen molar-refractivity contribution in [2.45, 2.75) is 31.3 Å². The summed E-state index contributed by atoms with van der Waals surface area (Å²) in [5.41, 5.74) is 0.0616. The van der Waals surface area contributed by atoms with Crippen molar-refractivity contribution < 1.29 is 14.8 Å². The first-order valence-corrected chi connectivity index (χ1v) is 9.74. The summed E-state index contributed by atoms with van der Waals surface area (Å²) in [6, 6.07) is 13.4. The maximum absolute atomic E-state index is 12.4. The lowest BCUT2D eigenvalue weighted by molar-refractivity contribution is -0.385. The predicted octanol–water partition coefficient (Wildman–Crippen LogP) is 4.19. The standard InChI is InChI=1S/C21H23ClN2O4/c22-17-9-7-16(8-10-17)21(26)11-14-23(15-12-21)13-3-6-20(25)18-4-1-2-5-19(18)24(27)28/h1-2,4-5,7-10,26H,3,6,11-15H2. The Kier molecular flexibility index (Phi) is 6.44. The lowest BCUT2D eigenvalue weighted by atomic mass is 9.84. The highest BCUT2D eigenvalue weighted by atomic mass is 35.5. The number of ketones is 1. The summed E-state index contributed by atoms with van der Waals surface area (Å²) >= 11 is 5.92. The lowest BCUT2D eigenvalue weighted by Crippen LogP contribution is -2.42. The number of carbonyl (C=O) groups is 1. The van der Waals surface area contributed by atoms with Crippen LogP contribution in [0, 0.1) is 10.1 Å². The van der Waals surface area contributed by atoms with E-state index >= 15 is 0 Å². The van der Waals surface area contributed by atoms with Crippen LogP contribution in [0.25, 0.3) is 0 Å². The van der Waals surface area contributed by atoms with Gasteiger partial charge in [0.05, 0.1) is 16.1 Å². The quantitative estimate of drug-likeness (QED) is 0.426. The van der Waals surface area contributed by atoms with E-state index in [1.54, 1.807) is 24.3 Å². The third kappa shape index (κ3) is 4.76. The van der Waals surface area contributed by atoms with Crippen molar-refractivity contribution in [3.05, 3.63) is 74.8 Å². The van der Waals surface area contributed by atoms with Crippen LogP contribution in [-0.2, 0) is 5.60 Å². The van der Waals surface area contributed by atoms with Crippen LogP contribution < -0.4 is 0 Å². The zero-order valence-corrected chi connectivity index (χ0v) is 16.3. The third-order valence-electron chi connectivity index (χ3n) is 5.34. The number of para-hydroxylation sites is 1. The van der Waals surface area contributed by atoms with Crippen molar-refractivity contribution in [1.29, 1.82) is 0 Å². The van der Waals surface area contributed by atoms with Crippen LogP contribution in [0.5, 0.6) is 0 Å². The van der Waals surface area contributed by atoms with Gasteiger partial charge in [0.1, 0.15) is 0 Å². The number of hydrogen-bond donors (Lipinski definition) is 1. The zero-order chi connectivity index (χ0) is 20.1. The molecule has 0 aromatic heterocycles. The minimum absolute atomic E-state index is 0.140. The highest BCUT2D eigenvalue weighted by Gasteiger charge is 2.33. The molecule has 0 saturated carbocycles. The van der Waals surface area contributed by atoms with Crippen LogP contribution in [0.4, 0.5) is 5.69 Å². The van der Waals surface area contributed by atoms with Gasteiger partial charge in [-0.2, -0.15) is 0 Å². The molecule has 1 heterocycles. The van der Waals surface area contributed by atoms with Gasteiger partial charge in [-0.1, -0.05) is 35.9 Å². The van der Waals surface area contributed by atoms with E-state index < -0.39 is 10.5 Å². The zero-order valence-electron chi connectivity index (χ0n) is 15.5.